The molecule has 0 spiro atoms. The number of hydrogen-bond acceptors (Lipinski definition) is 3. The van der Waals surface area contributed by atoms with Crippen LogP contribution in [0.5, 0.6) is 5.75 Å². The summed E-state index contributed by atoms with van der Waals surface area (Å²) in [6.45, 7) is 0.950. The van der Waals surface area contributed by atoms with Crippen LogP contribution >= 0.6 is 0 Å². The van der Waals surface area contributed by atoms with Crippen molar-refractivity contribution in [1.82, 2.24) is 4.90 Å². The van der Waals surface area contributed by atoms with Gasteiger partial charge in [-0.2, -0.15) is 0 Å². The lowest BCUT2D eigenvalue weighted by Crippen LogP contribution is -2.47. The molecule has 116 valence electrons. The van der Waals surface area contributed by atoms with E-state index in [0.717, 1.165) is 24.3 Å². The molecular weight excluding hydrogens is 262 g/mol. The molecule has 2 bridgehead atoms. The van der Waals surface area contributed by atoms with Crippen LogP contribution in [-0.4, -0.2) is 37.8 Å². The molecule has 3 rings (SSSR count). The summed E-state index contributed by atoms with van der Waals surface area (Å²) < 4.78 is 5.35. The van der Waals surface area contributed by atoms with E-state index in [1.807, 2.05) is 18.2 Å². The predicted octanol–water partition coefficient (Wildman–Crippen LogP) is 2.88. The number of aliphatic hydroxyl groups is 1. The van der Waals surface area contributed by atoms with Gasteiger partial charge in [-0.25, -0.2) is 0 Å². The Morgan fingerprint density at radius 1 is 1.33 bits per heavy atom. The van der Waals surface area contributed by atoms with Gasteiger partial charge in [0, 0.05) is 12.5 Å². The molecule has 21 heavy (non-hydrogen) atoms. The Kier molecular flexibility index (Phi) is 3.98. The fraction of sp³-hybridized carbons (Fsp3) is 0.667. The van der Waals surface area contributed by atoms with E-state index in [0.29, 0.717) is 17.8 Å². The molecule has 2 aliphatic carbocycles. The van der Waals surface area contributed by atoms with Crippen LogP contribution in [0.4, 0.5) is 0 Å². The number of rotatable bonds is 4. The predicted molar refractivity (Wildman–Crippen MR) is 84.4 cm³/mol. The van der Waals surface area contributed by atoms with E-state index < -0.39 is 5.60 Å². The molecule has 0 radical (unpaired) electrons. The highest BCUT2D eigenvalue weighted by molar-refractivity contribution is 5.34. The maximum Gasteiger partial charge on any atom is 0.119 e. The first kappa shape index (κ1) is 14.9. The third kappa shape index (κ3) is 2.69. The summed E-state index contributed by atoms with van der Waals surface area (Å²) in [6.07, 6.45) is 4.75. The van der Waals surface area contributed by atoms with Crippen molar-refractivity contribution in [2.45, 2.75) is 31.3 Å². The first-order valence-corrected chi connectivity index (χ1v) is 8.04. The minimum absolute atomic E-state index is 0.318. The van der Waals surface area contributed by atoms with Crippen LogP contribution in [0, 0.1) is 17.8 Å². The summed E-state index contributed by atoms with van der Waals surface area (Å²) in [7, 11) is 5.89. The van der Waals surface area contributed by atoms with Crippen LogP contribution in [-0.2, 0) is 5.60 Å². The monoisotopic (exact) mass is 289 g/mol. The first-order chi connectivity index (χ1) is 10.0. The Morgan fingerprint density at radius 3 is 2.86 bits per heavy atom. The molecule has 4 atom stereocenters. The Hall–Kier alpha value is -1.06. The average Bonchev–Trinajstić information content (AvgIpc) is 2.87. The van der Waals surface area contributed by atoms with Crippen molar-refractivity contribution in [3.63, 3.8) is 0 Å². The summed E-state index contributed by atoms with van der Waals surface area (Å²) >= 11 is 0. The van der Waals surface area contributed by atoms with Gasteiger partial charge >= 0.3 is 0 Å². The van der Waals surface area contributed by atoms with Crippen LogP contribution in [0.15, 0.2) is 24.3 Å². The van der Waals surface area contributed by atoms with E-state index in [4.69, 9.17) is 4.74 Å². The van der Waals surface area contributed by atoms with Crippen molar-refractivity contribution in [3.8, 4) is 5.75 Å². The molecule has 3 heteroatoms. The van der Waals surface area contributed by atoms with E-state index in [-0.39, 0.29) is 0 Å². The Morgan fingerprint density at radius 2 is 2.14 bits per heavy atom. The van der Waals surface area contributed by atoms with Crippen molar-refractivity contribution >= 4 is 0 Å². The van der Waals surface area contributed by atoms with Crippen molar-refractivity contribution < 1.29 is 9.84 Å². The normalized spacial score (nSPS) is 35.2. The molecule has 0 saturated heterocycles. The highest BCUT2D eigenvalue weighted by Crippen LogP contribution is 2.54. The van der Waals surface area contributed by atoms with Gasteiger partial charge in [0.1, 0.15) is 5.75 Å². The van der Waals surface area contributed by atoms with E-state index >= 15 is 0 Å². The number of nitrogens with zero attached hydrogens (tertiary/aromatic N) is 1. The highest BCUT2D eigenvalue weighted by Gasteiger charge is 2.51. The van der Waals surface area contributed by atoms with Crippen LogP contribution in [0.2, 0.25) is 0 Å². The SMILES string of the molecule is COc1cccc([C@@]2(O)C[C@H]3CC[C@@H](C3)[C@@H]2CN(C)C)c1. The third-order valence-corrected chi connectivity index (χ3v) is 5.50. The van der Waals surface area contributed by atoms with E-state index in [2.05, 4.69) is 25.1 Å². The lowest BCUT2D eigenvalue weighted by molar-refractivity contribution is -0.0892. The maximum absolute atomic E-state index is 11.6. The van der Waals surface area contributed by atoms with E-state index in [1.165, 1.54) is 19.3 Å². The fourth-order valence-electron chi connectivity index (χ4n) is 4.56. The third-order valence-electron chi connectivity index (χ3n) is 5.50. The summed E-state index contributed by atoms with van der Waals surface area (Å²) in [5.41, 5.74) is 0.327. The largest absolute Gasteiger partial charge is 0.497 e. The van der Waals surface area contributed by atoms with Crippen molar-refractivity contribution in [1.29, 1.82) is 0 Å². The van der Waals surface area contributed by atoms with Gasteiger partial charge in [0.05, 0.1) is 12.7 Å². The van der Waals surface area contributed by atoms with Gasteiger partial charge in [0.15, 0.2) is 0 Å². The number of ether oxygens (including phenoxy) is 1. The topological polar surface area (TPSA) is 32.7 Å². The molecule has 0 amide bonds. The van der Waals surface area contributed by atoms with Crippen LogP contribution in [0.3, 0.4) is 0 Å². The number of hydrogen-bond donors (Lipinski definition) is 1. The quantitative estimate of drug-likeness (QED) is 0.925. The first-order valence-electron chi connectivity index (χ1n) is 8.04. The molecule has 0 heterocycles. The molecule has 1 aromatic rings. The molecule has 2 aliphatic rings. The Balaban J connectivity index is 1.98. The average molecular weight is 289 g/mol. The molecule has 0 aromatic heterocycles. The standard InChI is InChI=1S/C18H27NO2/c1-19(2)12-17-14-8-7-13(9-14)11-18(17,20)15-5-4-6-16(10-15)21-3/h4-6,10,13-14,17,20H,7-9,11-12H2,1-3H3/t13-,14-,17-,18-/m0/s1. The number of methoxy groups -OCH3 is 1. The van der Waals surface area contributed by atoms with Crippen LogP contribution in [0.1, 0.15) is 31.2 Å². The van der Waals surface area contributed by atoms with Crippen LogP contribution < -0.4 is 4.74 Å². The second-order valence-electron chi connectivity index (χ2n) is 7.17. The van der Waals surface area contributed by atoms with E-state index in [1.54, 1.807) is 7.11 Å². The zero-order valence-corrected chi connectivity index (χ0v) is 13.4. The molecule has 1 N–H and O–H groups in total. The van der Waals surface area contributed by atoms with Gasteiger partial charge in [0.2, 0.25) is 0 Å². The molecular formula is C18H27NO2. The van der Waals surface area contributed by atoms with Gasteiger partial charge < -0.3 is 14.7 Å². The number of fused-ring (bicyclic) bond motifs is 2. The van der Waals surface area contributed by atoms with Crippen molar-refractivity contribution in [2.24, 2.45) is 17.8 Å². The molecule has 1 aromatic carbocycles. The smallest absolute Gasteiger partial charge is 0.119 e. The molecule has 0 unspecified atom stereocenters. The Bertz CT molecular complexity index is 502. The zero-order chi connectivity index (χ0) is 15.0. The van der Waals surface area contributed by atoms with Crippen molar-refractivity contribution in [2.75, 3.05) is 27.7 Å². The summed E-state index contributed by atoms with van der Waals surface area (Å²) in [5.74, 6) is 2.49. The Labute approximate surface area is 127 Å². The minimum Gasteiger partial charge on any atom is -0.497 e. The van der Waals surface area contributed by atoms with Gasteiger partial charge in [-0.3, -0.25) is 0 Å². The minimum atomic E-state index is -0.705. The lowest BCUT2D eigenvalue weighted by Gasteiger charge is -2.45. The fourth-order valence-corrected chi connectivity index (χ4v) is 4.56. The maximum atomic E-state index is 11.6. The van der Waals surface area contributed by atoms with Crippen LogP contribution in [0.25, 0.3) is 0 Å². The summed E-state index contributed by atoms with van der Waals surface area (Å²) in [6, 6.07) is 8.03. The zero-order valence-electron chi connectivity index (χ0n) is 13.4. The van der Waals surface area contributed by atoms with Gasteiger partial charge in [-0.05, 0) is 62.9 Å². The van der Waals surface area contributed by atoms with Gasteiger partial charge in [-0.15, -0.1) is 0 Å². The van der Waals surface area contributed by atoms with Crippen molar-refractivity contribution in [3.05, 3.63) is 29.8 Å². The van der Waals surface area contributed by atoms with E-state index in [9.17, 15) is 5.11 Å². The summed E-state index contributed by atoms with van der Waals surface area (Å²) in [4.78, 5) is 2.22. The highest BCUT2D eigenvalue weighted by atomic mass is 16.5. The number of benzene rings is 1. The molecule has 3 nitrogen and oxygen atoms in total. The second-order valence-corrected chi connectivity index (χ2v) is 7.17. The van der Waals surface area contributed by atoms with Gasteiger partial charge in [0.25, 0.3) is 0 Å². The second kappa shape index (κ2) is 5.62. The molecule has 2 fully saturated rings. The lowest BCUT2D eigenvalue weighted by atomic mass is 9.66. The molecule has 2 saturated carbocycles. The van der Waals surface area contributed by atoms with Gasteiger partial charge in [-0.1, -0.05) is 18.6 Å². The molecule has 0 aliphatic heterocycles. The summed E-state index contributed by atoms with van der Waals surface area (Å²) in [5, 5.41) is 11.6.